The number of carbonyl (C=O) groups excluding carboxylic acids is 1. The van der Waals surface area contributed by atoms with Gasteiger partial charge in [0.1, 0.15) is 6.54 Å². The molecule has 7 heteroatoms. The standard InChI is InChI=1S/C9H10N2O3.2Na.2H/c10-7-4-2-1-3-6(7)9(14)11-5-8(12)13;;;;/h1-4H,5,10H2,(H,11,14)(H,12,13);;;;. The molecule has 0 atom stereocenters. The Hall–Kier alpha value is -0.0400. The number of para-hydroxylation sites is 1. The molecule has 4 N–H and O–H groups in total. The number of carboxylic acid groups (broad SMARTS) is 1. The Kier molecular flexibility index (Phi) is 10.4. The number of nitrogens with two attached hydrogens (primary N) is 1. The maximum absolute atomic E-state index is 11.3. The molecule has 0 heterocycles. The van der Waals surface area contributed by atoms with Crippen LogP contribution in [-0.2, 0) is 4.79 Å². The first kappa shape index (κ1) is 18.3. The van der Waals surface area contributed by atoms with E-state index in [1.165, 1.54) is 6.07 Å². The van der Waals surface area contributed by atoms with Gasteiger partial charge in [-0.05, 0) is 12.1 Å². The third-order valence-corrected chi connectivity index (χ3v) is 1.61. The molecule has 1 aromatic rings. The fourth-order valence-electron chi connectivity index (χ4n) is 0.955. The predicted octanol–water partition coefficient (Wildman–Crippen LogP) is -1.21. The topological polar surface area (TPSA) is 92.4 Å². The molecule has 0 aliphatic heterocycles. The van der Waals surface area contributed by atoms with E-state index >= 15 is 0 Å². The van der Waals surface area contributed by atoms with E-state index in [0.29, 0.717) is 5.69 Å². The van der Waals surface area contributed by atoms with Gasteiger partial charge in [0.2, 0.25) is 0 Å². The van der Waals surface area contributed by atoms with Gasteiger partial charge in [-0.25, -0.2) is 0 Å². The van der Waals surface area contributed by atoms with Gasteiger partial charge in [-0.2, -0.15) is 0 Å². The summed E-state index contributed by atoms with van der Waals surface area (Å²) in [4.78, 5) is 21.5. The molecule has 1 rings (SSSR count). The number of hydrogen-bond acceptors (Lipinski definition) is 3. The van der Waals surface area contributed by atoms with Crippen LogP contribution in [0.4, 0.5) is 5.69 Å². The number of aliphatic carboxylic acids is 1. The monoisotopic (exact) mass is 242 g/mol. The molecule has 0 fully saturated rings. The van der Waals surface area contributed by atoms with E-state index in [9.17, 15) is 9.59 Å². The summed E-state index contributed by atoms with van der Waals surface area (Å²) in [7, 11) is 0. The van der Waals surface area contributed by atoms with Gasteiger partial charge < -0.3 is 16.2 Å². The number of amides is 1. The fraction of sp³-hybridized carbons (Fsp3) is 0.111. The van der Waals surface area contributed by atoms with Gasteiger partial charge in [-0.15, -0.1) is 0 Å². The van der Waals surface area contributed by atoms with Crippen molar-refractivity contribution in [1.29, 1.82) is 0 Å². The molecule has 1 aromatic carbocycles. The molecule has 0 bridgehead atoms. The normalized spacial score (nSPS) is 8.25. The van der Waals surface area contributed by atoms with Gasteiger partial charge in [-0.3, -0.25) is 9.59 Å². The maximum atomic E-state index is 11.3. The van der Waals surface area contributed by atoms with Gasteiger partial charge in [0, 0.05) is 5.69 Å². The second kappa shape index (κ2) is 9.04. The number of nitrogen functional groups attached to an aromatic ring is 1. The first-order chi connectivity index (χ1) is 6.61. The van der Waals surface area contributed by atoms with Crippen molar-refractivity contribution in [1.82, 2.24) is 5.32 Å². The minimum atomic E-state index is -1.09. The summed E-state index contributed by atoms with van der Waals surface area (Å²) in [6.45, 7) is -0.410. The van der Waals surface area contributed by atoms with Crippen LogP contribution >= 0.6 is 0 Å². The van der Waals surface area contributed by atoms with Crippen LogP contribution < -0.4 is 11.1 Å². The Balaban J connectivity index is 0. The van der Waals surface area contributed by atoms with Crippen LogP contribution in [0, 0.1) is 0 Å². The Morgan fingerprint density at radius 3 is 2.31 bits per heavy atom. The summed E-state index contributed by atoms with van der Waals surface area (Å²) in [6.07, 6.45) is 0. The molecule has 0 aliphatic carbocycles. The predicted molar refractivity (Wildman–Crippen MR) is 65.1 cm³/mol. The van der Waals surface area contributed by atoms with E-state index in [2.05, 4.69) is 5.32 Å². The number of benzene rings is 1. The summed E-state index contributed by atoms with van der Waals surface area (Å²) in [5.41, 5.74) is 6.13. The first-order valence-corrected chi connectivity index (χ1v) is 3.95. The van der Waals surface area contributed by atoms with Gasteiger partial charge >= 0.3 is 65.1 Å². The Bertz CT molecular complexity index is 372. The zero-order valence-corrected chi connectivity index (χ0v) is 7.36. The van der Waals surface area contributed by atoms with E-state index in [1.54, 1.807) is 18.2 Å². The second-order valence-corrected chi connectivity index (χ2v) is 2.66. The molecule has 0 aliphatic rings. The summed E-state index contributed by atoms with van der Waals surface area (Å²) in [5, 5.41) is 10.6. The van der Waals surface area contributed by atoms with Crippen LogP contribution in [0.3, 0.4) is 0 Å². The molecule has 0 saturated heterocycles. The number of hydrogen-bond donors (Lipinski definition) is 3. The Morgan fingerprint density at radius 2 is 1.81 bits per heavy atom. The van der Waals surface area contributed by atoms with Crippen molar-refractivity contribution in [3.63, 3.8) is 0 Å². The van der Waals surface area contributed by atoms with Gasteiger partial charge in [0.05, 0.1) is 5.56 Å². The van der Waals surface area contributed by atoms with E-state index in [0.717, 1.165) is 0 Å². The molecular weight excluding hydrogens is 230 g/mol. The average molecular weight is 242 g/mol. The number of carbonyl (C=O) groups is 2. The molecule has 0 unspecified atom stereocenters. The van der Waals surface area contributed by atoms with Crippen molar-refractivity contribution in [2.75, 3.05) is 12.3 Å². The Labute approximate surface area is 137 Å². The first-order valence-electron chi connectivity index (χ1n) is 3.95. The zero-order valence-electron chi connectivity index (χ0n) is 7.36. The van der Waals surface area contributed by atoms with Crippen molar-refractivity contribution >= 4 is 76.7 Å². The van der Waals surface area contributed by atoms with Crippen molar-refractivity contribution in [3.8, 4) is 0 Å². The van der Waals surface area contributed by atoms with E-state index in [4.69, 9.17) is 10.8 Å². The third-order valence-electron chi connectivity index (χ3n) is 1.61. The summed E-state index contributed by atoms with van der Waals surface area (Å²) >= 11 is 0. The molecule has 0 saturated carbocycles. The van der Waals surface area contributed by atoms with Gasteiger partial charge in [0.25, 0.3) is 5.91 Å². The van der Waals surface area contributed by atoms with Crippen LogP contribution in [0.2, 0.25) is 0 Å². The Morgan fingerprint density at radius 1 is 1.25 bits per heavy atom. The fourth-order valence-corrected chi connectivity index (χ4v) is 0.955. The van der Waals surface area contributed by atoms with Crippen molar-refractivity contribution in [2.24, 2.45) is 0 Å². The number of nitrogens with one attached hydrogen (secondary N) is 1. The molecule has 5 nitrogen and oxygen atoms in total. The molecule has 0 aromatic heterocycles. The van der Waals surface area contributed by atoms with E-state index < -0.39 is 18.4 Å². The summed E-state index contributed by atoms with van der Waals surface area (Å²) < 4.78 is 0. The summed E-state index contributed by atoms with van der Waals surface area (Å²) in [6, 6.07) is 6.47. The van der Waals surface area contributed by atoms with Gasteiger partial charge in [-0.1, -0.05) is 12.1 Å². The second-order valence-electron chi connectivity index (χ2n) is 2.66. The van der Waals surface area contributed by atoms with Crippen molar-refractivity contribution < 1.29 is 14.7 Å². The number of rotatable bonds is 3. The molecule has 0 radical (unpaired) electrons. The number of anilines is 1. The third kappa shape index (κ3) is 5.89. The molecule has 78 valence electrons. The van der Waals surface area contributed by atoms with Crippen LogP contribution in [0.15, 0.2) is 24.3 Å². The van der Waals surface area contributed by atoms with Crippen LogP contribution in [-0.4, -0.2) is 82.6 Å². The molecule has 1 amide bonds. The number of carboxylic acids is 1. The summed E-state index contributed by atoms with van der Waals surface area (Å²) in [5.74, 6) is -1.57. The molecule has 0 spiro atoms. The van der Waals surface area contributed by atoms with E-state index in [1.807, 2.05) is 0 Å². The average Bonchev–Trinajstić information content (AvgIpc) is 2.15. The van der Waals surface area contributed by atoms with Crippen LogP contribution in [0.25, 0.3) is 0 Å². The molecular formula is C9H12N2Na2O3. The van der Waals surface area contributed by atoms with E-state index in [-0.39, 0.29) is 64.7 Å². The molecule has 16 heavy (non-hydrogen) atoms. The van der Waals surface area contributed by atoms with Crippen molar-refractivity contribution in [2.45, 2.75) is 0 Å². The minimum absolute atomic E-state index is 0. The quantitative estimate of drug-likeness (QED) is 0.458. The SMILES string of the molecule is Nc1ccccc1C(=O)NCC(=O)O.[NaH].[NaH]. The van der Waals surface area contributed by atoms with Gasteiger partial charge in [0.15, 0.2) is 0 Å². The zero-order chi connectivity index (χ0) is 10.6. The van der Waals surface area contributed by atoms with Crippen LogP contribution in [0.1, 0.15) is 10.4 Å². The van der Waals surface area contributed by atoms with Crippen LogP contribution in [0.5, 0.6) is 0 Å². The van der Waals surface area contributed by atoms with Crippen molar-refractivity contribution in [3.05, 3.63) is 29.8 Å².